The lowest BCUT2D eigenvalue weighted by atomic mass is 9.82. The Labute approximate surface area is 628 Å². The highest BCUT2D eigenvalue weighted by molar-refractivity contribution is 9.10. The first-order valence-electron chi connectivity index (χ1n) is 36.4. The fraction of sp³-hybridized carbons (Fsp3) is 0.398. The predicted octanol–water partition coefficient (Wildman–Crippen LogP) is 19.1. The van der Waals surface area contributed by atoms with Crippen LogP contribution >= 0.6 is 15.9 Å². The summed E-state index contributed by atoms with van der Waals surface area (Å²) in [7, 11) is 2.76. The quantitative estimate of drug-likeness (QED) is 0.0505. The van der Waals surface area contributed by atoms with Gasteiger partial charge in [-0.25, -0.2) is 14.4 Å². The van der Waals surface area contributed by atoms with Crippen LogP contribution in [0, 0.1) is 62.3 Å². The van der Waals surface area contributed by atoms with Crippen molar-refractivity contribution in [2.75, 3.05) is 39.8 Å². The zero-order chi connectivity index (χ0) is 77.1. The van der Waals surface area contributed by atoms with Crippen molar-refractivity contribution in [3.05, 3.63) is 194 Å². The van der Waals surface area contributed by atoms with Crippen molar-refractivity contribution >= 4 is 82.9 Å². The Morgan fingerprint density at radius 2 is 0.755 bits per heavy atom. The van der Waals surface area contributed by atoms with Crippen molar-refractivity contribution < 1.29 is 57.4 Å². The topological polar surface area (TPSA) is 237 Å². The van der Waals surface area contributed by atoms with Crippen molar-refractivity contribution in [2.24, 2.45) is 0 Å². The number of carboxylic acids is 1. The molecule has 5 N–H and O–H groups in total. The molecule has 558 valence electrons. The molecule has 106 heavy (non-hydrogen) atoms. The first kappa shape index (κ1) is 77.8. The number of anilines is 1. The van der Waals surface area contributed by atoms with E-state index < -0.39 is 53.0 Å². The van der Waals surface area contributed by atoms with Gasteiger partial charge in [-0.2, -0.15) is 0 Å². The van der Waals surface area contributed by atoms with Crippen molar-refractivity contribution in [1.29, 1.82) is 0 Å². The summed E-state index contributed by atoms with van der Waals surface area (Å²) >= 11 is 3.67. The smallest absolute Gasteiger partial charge is 0.339 e. The number of nitrogens with one attached hydrogen (secondary N) is 2. The maximum absolute atomic E-state index is 13.3. The van der Waals surface area contributed by atoms with Gasteiger partial charge in [0.25, 0.3) is 11.1 Å². The summed E-state index contributed by atoms with van der Waals surface area (Å²) in [6.45, 7) is 37.4. The number of H-pyrrole nitrogens is 2. The molecular weight excluding hydrogens is 1400 g/mol. The predicted molar refractivity (Wildman–Crippen MR) is 425 cm³/mol. The Morgan fingerprint density at radius 3 is 1.08 bits per heavy atom. The van der Waals surface area contributed by atoms with Gasteiger partial charge in [0.2, 0.25) is 0 Å². The van der Waals surface area contributed by atoms with E-state index in [-0.39, 0.29) is 11.1 Å². The second-order valence-corrected chi connectivity index (χ2v) is 31.9. The van der Waals surface area contributed by atoms with Crippen molar-refractivity contribution in [3.8, 4) is 50.6 Å². The van der Waals surface area contributed by atoms with Crippen molar-refractivity contribution in [1.82, 2.24) is 9.97 Å². The fourth-order valence-electron chi connectivity index (χ4n) is 15.8. The SMILES string of the molecule is COC(=O)[C@@H](OC(C)(C)C)c1c(-c2ccc3c(c2C)CCCO3)c(C)c2c([nH]c(=O)c3ccccc32)c1C.COC(=O)[C@@H](OC(C)(C)C)c1c(C)c(N)c(Br)c(C)c1-c1ccc2c(c1C)CCCO2.Cc1c(-c2c([C@H](OC(C)(C)C)C(=O)O)c(C)c3[nH]c(=O)c4ccccc4c3c2C)ccc2c1CCCO2. The third-order valence-electron chi connectivity index (χ3n) is 20.7. The number of aromatic nitrogens is 2. The molecule has 13 rings (SSSR count). The van der Waals surface area contributed by atoms with Gasteiger partial charge in [0.15, 0.2) is 18.3 Å². The number of methoxy groups -OCH3 is 2. The van der Waals surface area contributed by atoms with Gasteiger partial charge in [-0.15, -0.1) is 0 Å². The van der Waals surface area contributed by atoms with E-state index in [0.717, 1.165) is 177 Å². The average Bonchev–Trinajstić information content (AvgIpc) is 0.728. The third kappa shape index (κ3) is 15.0. The summed E-state index contributed by atoms with van der Waals surface area (Å²) < 4.78 is 47.8. The maximum atomic E-state index is 13.3. The molecule has 3 aliphatic rings. The summed E-state index contributed by atoms with van der Waals surface area (Å²) in [5.74, 6) is 0.747. The van der Waals surface area contributed by atoms with Gasteiger partial charge in [0, 0.05) is 48.4 Å². The number of rotatable bonds is 12. The van der Waals surface area contributed by atoms with Gasteiger partial charge >= 0.3 is 17.9 Å². The number of nitrogen functional groups attached to an aromatic ring is 1. The van der Waals surface area contributed by atoms with E-state index in [1.807, 2.05) is 170 Å². The average molecular weight is 1500 g/mol. The molecular formula is C88H100BrN3O14. The van der Waals surface area contributed by atoms with Gasteiger partial charge in [-0.05, 0) is 320 Å². The zero-order valence-electron chi connectivity index (χ0n) is 64.9. The van der Waals surface area contributed by atoms with Gasteiger partial charge < -0.3 is 58.7 Å². The van der Waals surface area contributed by atoms with E-state index >= 15 is 0 Å². The molecule has 18 heteroatoms. The normalized spacial score (nSPS) is 14.4. The van der Waals surface area contributed by atoms with Crippen LogP contribution < -0.4 is 31.1 Å². The highest BCUT2D eigenvalue weighted by Crippen LogP contribution is 2.51. The molecule has 0 bridgehead atoms. The highest BCUT2D eigenvalue weighted by Gasteiger charge is 2.39. The molecule has 0 spiro atoms. The van der Waals surface area contributed by atoms with E-state index in [1.165, 1.54) is 25.3 Å². The molecule has 0 fully saturated rings. The number of nitrogens with two attached hydrogens (primary N) is 1. The zero-order valence-corrected chi connectivity index (χ0v) is 66.5. The maximum Gasteiger partial charge on any atom is 0.339 e. The Bertz CT molecular complexity index is 5310. The number of hydrogen-bond acceptors (Lipinski definition) is 14. The largest absolute Gasteiger partial charge is 0.493 e. The Hall–Kier alpha value is -9.33. The number of aromatic amines is 2. The van der Waals surface area contributed by atoms with Gasteiger partial charge in [-0.1, -0.05) is 54.6 Å². The van der Waals surface area contributed by atoms with Gasteiger partial charge in [-0.3, -0.25) is 9.59 Å². The van der Waals surface area contributed by atoms with Gasteiger partial charge in [0.1, 0.15) is 17.2 Å². The second kappa shape index (κ2) is 30.5. The van der Waals surface area contributed by atoms with Crippen LogP contribution in [0.25, 0.3) is 76.7 Å². The summed E-state index contributed by atoms with van der Waals surface area (Å²) in [5, 5.41) is 15.3. The number of pyridine rings is 2. The Morgan fingerprint density at radius 1 is 0.443 bits per heavy atom. The number of halogens is 1. The molecule has 0 unspecified atom stereocenters. The third-order valence-corrected chi connectivity index (χ3v) is 21.7. The van der Waals surface area contributed by atoms with Crippen LogP contribution in [0.5, 0.6) is 17.2 Å². The van der Waals surface area contributed by atoms with E-state index in [2.05, 4.69) is 65.7 Å². The summed E-state index contributed by atoms with van der Waals surface area (Å²) in [5.41, 5.74) is 26.0. The number of aryl methyl sites for hydroxylation is 4. The van der Waals surface area contributed by atoms with Crippen LogP contribution in [-0.4, -0.2) is 83.8 Å². The second-order valence-electron chi connectivity index (χ2n) is 31.1. The minimum absolute atomic E-state index is 0.164. The van der Waals surface area contributed by atoms with Crippen molar-refractivity contribution in [2.45, 2.75) is 198 Å². The molecule has 0 radical (unpaired) electrons. The highest BCUT2D eigenvalue weighted by atomic mass is 79.9. The summed E-state index contributed by atoms with van der Waals surface area (Å²) in [4.78, 5) is 71.4. The lowest BCUT2D eigenvalue weighted by molar-refractivity contribution is -0.164. The summed E-state index contributed by atoms with van der Waals surface area (Å²) in [6, 6.07) is 27.4. The molecule has 5 heterocycles. The molecule has 0 saturated heterocycles. The van der Waals surface area contributed by atoms with Crippen molar-refractivity contribution in [3.63, 3.8) is 0 Å². The number of benzene rings is 8. The lowest BCUT2D eigenvalue weighted by Crippen LogP contribution is -2.29. The number of esters is 2. The molecule has 3 atom stereocenters. The lowest BCUT2D eigenvalue weighted by Gasteiger charge is -2.31. The number of carbonyl (C=O) groups is 3. The molecule has 8 aromatic carbocycles. The van der Waals surface area contributed by atoms with Crippen LogP contribution in [0.4, 0.5) is 5.69 Å². The van der Waals surface area contributed by atoms with Crippen LogP contribution in [0.3, 0.4) is 0 Å². The number of ether oxygens (including phenoxy) is 8. The van der Waals surface area contributed by atoms with E-state index in [4.69, 9.17) is 43.6 Å². The number of hydrogen-bond donors (Lipinski definition) is 4. The molecule has 17 nitrogen and oxygen atoms in total. The van der Waals surface area contributed by atoms with Crippen LogP contribution in [0.1, 0.15) is 183 Å². The minimum atomic E-state index is -1.22. The molecule has 0 amide bonds. The molecule has 2 aromatic heterocycles. The van der Waals surface area contributed by atoms with Crippen LogP contribution in [0.15, 0.2) is 99.0 Å². The molecule has 3 aliphatic heterocycles. The molecule has 10 aromatic rings. The number of aliphatic carboxylic acids is 1. The summed E-state index contributed by atoms with van der Waals surface area (Å²) in [6.07, 6.45) is 2.60. The minimum Gasteiger partial charge on any atom is -0.493 e. The Kier molecular flexibility index (Phi) is 22.4. The van der Waals surface area contributed by atoms with E-state index in [9.17, 15) is 29.1 Å². The first-order valence-corrected chi connectivity index (χ1v) is 37.2. The van der Waals surface area contributed by atoms with Gasteiger partial charge in [0.05, 0.1) is 61.9 Å². The first-order chi connectivity index (χ1) is 50.0. The standard InChI is InChI=1S/C32H35NO5.C31H33NO5.C25H32BrNO4/c1-17-20-13-10-16-37-24(20)15-14-21(17)25-18(2)26-22-11-8-9-12-23(22)30(34)33-28(26)19(3)27(25)29(31(35)36-7)38-32(4,5)6;1-16-19-12-9-15-36-23(19)14-13-20(16)24-17(2)25-21-10-7-8-11-22(21)29(33)32-27(25)18(3)26(24)28(30(34)35)37-31(4,5)6;1-13-16-9-8-12-30-18(16)11-10-17(13)19-14(2)21(26)22(27)15(3)20(19)23(24(28)29-7)31-25(4,5)6/h8-9,11-12,14-15,29H,10,13,16H2,1-7H3,(H,33,34);7-8,10-11,13-14,28H,9,12,15H2,1-6H3,(H,32,33)(H,34,35);10-11,23H,8-9,12,27H2,1-7H3/t29-;28-;23-/m000/s1. The molecule has 0 aliphatic carbocycles. The number of carbonyl (C=O) groups excluding carboxylic acids is 2. The fourth-order valence-corrected chi connectivity index (χ4v) is 16.3. The Balaban J connectivity index is 0.000000160. The van der Waals surface area contributed by atoms with Crippen LogP contribution in [-0.2, 0) is 57.3 Å². The molecule has 0 saturated carbocycles. The monoisotopic (exact) mass is 1500 g/mol. The number of fused-ring (bicyclic) bond motifs is 9. The van der Waals surface area contributed by atoms with E-state index in [1.54, 1.807) is 0 Å². The van der Waals surface area contributed by atoms with E-state index in [0.29, 0.717) is 57.4 Å². The van der Waals surface area contributed by atoms with Crippen LogP contribution in [0.2, 0.25) is 0 Å². The number of carboxylic acid groups (broad SMARTS) is 1.